The maximum absolute atomic E-state index is 13.5. The zero-order chi connectivity index (χ0) is 31.3. The third-order valence-corrected chi connectivity index (χ3v) is 10.9. The number of halogens is 3. The number of rotatable bonds is 12. The molecular weight excluding hydrogens is 659 g/mol. The number of hydrogen-bond acceptors (Lipinski definition) is 9. The molecule has 3 unspecified atom stereocenters. The van der Waals surface area contributed by atoms with Crippen LogP contribution in [0.1, 0.15) is 11.1 Å². The van der Waals surface area contributed by atoms with Crippen molar-refractivity contribution in [3.05, 3.63) is 100 Å². The van der Waals surface area contributed by atoms with Crippen molar-refractivity contribution in [2.24, 2.45) is 4.99 Å². The molecule has 1 amide bonds. The molecule has 1 saturated heterocycles. The van der Waals surface area contributed by atoms with Gasteiger partial charge in [0.05, 0.1) is 17.0 Å². The van der Waals surface area contributed by atoms with Gasteiger partial charge in [-0.05, 0) is 47.5 Å². The molecule has 3 aromatic carbocycles. The lowest BCUT2D eigenvalue weighted by Crippen LogP contribution is -2.68. The number of β-lactam (4-membered cyclic amide) rings is 1. The largest absolute Gasteiger partial charge is 0.506 e. The molecule has 0 aromatic heterocycles. The van der Waals surface area contributed by atoms with E-state index in [1.807, 2.05) is 0 Å². The molecule has 1 fully saturated rings. The van der Waals surface area contributed by atoms with E-state index in [0.29, 0.717) is 22.1 Å². The Morgan fingerprint density at radius 3 is 2.47 bits per heavy atom. The molecule has 0 saturated carbocycles. The van der Waals surface area contributed by atoms with Gasteiger partial charge in [-0.15, -0.1) is 11.6 Å². The standard InChI is InChI=1S/C29H25Cl3N2O7S2/c1-17(14-30)25(29(37)41-16-18-8-10-21(40-2)11-9-18)34-27(36)24(33-15-19-12-20(31)13-23(32)26(19)35)28(34)42-43(38,39)22-6-4-3-5-7-22/h3-13,15,24-25,28,35H,1,14,16H2,2H3. The van der Waals surface area contributed by atoms with Gasteiger partial charge in [-0.25, -0.2) is 13.2 Å². The number of amides is 1. The van der Waals surface area contributed by atoms with Gasteiger partial charge in [0.15, 0.2) is 12.1 Å². The molecule has 0 aliphatic carbocycles. The van der Waals surface area contributed by atoms with Gasteiger partial charge in [-0.2, -0.15) is 0 Å². The molecule has 9 nitrogen and oxygen atoms in total. The van der Waals surface area contributed by atoms with Crippen LogP contribution in [0.5, 0.6) is 11.5 Å². The maximum Gasteiger partial charge on any atom is 0.333 e. The number of benzene rings is 3. The topological polar surface area (TPSA) is 123 Å². The van der Waals surface area contributed by atoms with Crippen LogP contribution in [0.3, 0.4) is 0 Å². The van der Waals surface area contributed by atoms with Crippen LogP contribution in [0.25, 0.3) is 0 Å². The van der Waals surface area contributed by atoms with Gasteiger partial charge >= 0.3 is 5.97 Å². The van der Waals surface area contributed by atoms with E-state index in [1.54, 1.807) is 42.5 Å². The molecule has 4 rings (SSSR count). The van der Waals surface area contributed by atoms with Crippen LogP contribution in [0.4, 0.5) is 0 Å². The molecule has 1 aliphatic heterocycles. The van der Waals surface area contributed by atoms with E-state index >= 15 is 0 Å². The number of ether oxygens (including phenoxy) is 2. The van der Waals surface area contributed by atoms with E-state index in [4.69, 9.17) is 44.3 Å². The molecule has 3 atom stereocenters. The Hall–Kier alpha value is -3.22. The normalized spacial score (nSPS) is 17.4. The number of alkyl halides is 1. The van der Waals surface area contributed by atoms with Gasteiger partial charge in [0.2, 0.25) is 8.87 Å². The lowest BCUT2D eigenvalue weighted by Gasteiger charge is -2.47. The number of carbonyl (C=O) groups excluding carboxylic acids is 2. The number of esters is 1. The van der Waals surface area contributed by atoms with E-state index in [0.717, 1.165) is 4.90 Å². The molecule has 14 heteroatoms. The number of hydrogen-bond donors (Lipinski definition) is 1. The Balaban J connectivity index is 1.66. The van der Waals surface area contributed by atoms with Crippen LogP contribution in [-0.2, 0) is 29.8 Å². The first kappa shape index (κ1) is 32.7. The van der Waals surface area contributed by atoms with Crippen LogP contribution in [0, 0.1) is 0 Å². The van der Waals surface area contributed by atoms with Crippen molar-refractivity contribution < 1.29 is 32.6 Å². The summed E-state index contributed by atoms with van der Waals surface area (Å²) in [6.45, 7) is 3.71. The quantitative estimate of drug-likeness (QED) is 0.0645. The van der Waals surface area contributed by atoms with Gasteiger partial charge in [-0.3, -0.25) is 9.79 Å². The van der Waals surface area contributed by atoms with E-state index in [1.165, 1.54) is 37.6 Å². The minimum atomic E-state index is -4.04. The van der Waals surface area contributed by atoms with Gasteiger partial charge in [0.1, 0.15) is 23.5 Å². The predicted octanol–water partition coefficient (Wildman–Crippen LogP) is 5.69. The van der Waals surface area contributed by atoms with Crippen molar-refractivity contribution in [2.45, 2.75) is 29.0 Å². The highest BCUT2D eigenvalue weighted by Crippen LogP contribution is 2.41. The number of nitrogens with zero attached hydrogens (tertiary/aromatic N) is 2. The number of aromatic hydroxyl groups is 1. The molecule has 0 radical (unpaired) electrons. The fourth-order valence-corrected chi connectivity index (χ4v) is 8.27. The third-order valence-electron chi connectivity index (χ3n) is 6.34. The third kappa shape index (κ3) is 7.47. The second-order valence-electron chi connectivity index (χ2n) is 9.20. The fraction of sp³-hybridized carbons (Fsp3) is 0.207. The molecule has 43 heavy (non-hydrogen) atoms. The molecule has 3 aromatic rings. The Bertz CT molecular complexity index is 1650. The minimum absolute atomic E-state index is 0.00361. The van der Waals surface area contributed by atoms with Gasteiger partial charge in [-0.1, -0.05) is 60.1 Å². The summed E-state index contributed by atoms with van der Waals surface area (Å²) in [5.41, 5.74) is 0.887. The lowest BCUT2D eigenvalue weighted by molar-refractivity contribution is -0.161. The Morgan fingerprint density at radius 1 is 1.16 bits per heavy atom. The van der Waals surface area contributed by atoms with Crippen molar-refractivity contribution in [1.82, 2.24) is 4.90 Å². The number of aliphatic imine (C=N–C) groups is 1. The molecule has 0 spiro atoms. The molecule has 226 valence electrons. The van der Waals surface area contributed by atoms with Gasteiger partial charge < -0.3 is 19.5 Å². The van der Waals surface area contributed by atoms with E-state index < -0.39 is 38.2 Å². The molecule has 0 bridgehead atoms. The summed E-state index contributed by atoms with van der Waals surface area (Å²) in [6, 6.07) is 14.5. The zero-order valence-electron chi connectivity index (χ0n) is 22.5. The van der Waals surface area contributed by atoms with Crippen molar-refractivity contribution in [1.29, 1.82) is 0 Å². The number of methoxy groups -OCH3 is 1. The van der Waals surface area contributed by atoms with Crippen LogP contribution in [0.2, 0.25) is 10.0 Å². The monoisotopic (exact) mass is 682 g/mol. The summed E-state index contributed by atoms with van der Waals surface area (Å²) in [4.78, 5) is 32.2. The highest BCUT2D eigenvalue weighted by Gasteiger charge is 2.55. The van der Waals surface area contributed by atoms with Crippen LogP contribution in [0.15, 0.2) is 88.8 Å². The number of phenolic OH excluding ortho intramolecular Hbond substituents is 1. The van der Waals surface area contributed by atoms with Gasteiger partial charge in [0, 0.05) is 33.5 Å². The second kappa shape index (κ2) is 14.0. The second-order valence-corrected chi connectivity index (χ2v) is 14.3. The molecule has 1 N–H and O–H groups in total. The zero-order valence-corrected chi connectivity index (χ0v) is 26.4. The van der Waals surface area contributed by atoms with Crippen LogP contribution in [-0.4, -0.2) is 67.0 Å². The van der Waals surface area contributed by atoms with Crippen LogP contribution >= 0.6 is 45.6 Å². The smallest absolute Gasteiger partial charge is 0.333 e. The Labute approximate surface area is 267 Å². The summed E-state index contributed by atoms with van der Waals surface area (Å²) in [5.74, 6) is -1.44. The summed E-state index contributed by atoms with van der Waals surface area (Å²) < 4.78 is 37.4. The Morgan fingerprint density at radius 2 is 1.84 bits per heavy atom. The molecule has 1 aliphatic rings. The summed E-state index contributed by atoms with van der Waals surface area (Å²) in [7, 11) is -2.07. The number of likely N-dealkylation sites (tertiary alicyclic amines) is 1. The average Bonchev–Trinajstić information content (AvgIpc) is 3.00. The highest BCUT2D eigenvalue weighted by molar-refractivity contribution is 8.72. The van der Waals surface area contributed by atoms with Crippen LogP contribution < -0.4 is 4.74 Å². The summed E-state index contributed by atoms with van der Waals surface area (Å²) in [5, 5.41) is 9.30. The number of carbonyl (C=O) groups is 2. The fourth-order valence-electron chi connectivity index (χ4n) is 4.10. The van der Waals surface area contributed by atoms with E-state index in [2.05, 4.69) is 11.6 Å². The first-order valence-electron chi connectivity index (χ1n) is 12.5. The maximum atomic E-state index is 13.5. The first-order valence-corrected chi connectivity index (χ1v) is 16.7. The molecule has 1 heterocycles. The van der Waals surface area contributed by atoms with Crippen molar-refractivity contribution in [3.63, 3.8) is 0 Å². The summed E-state index contributed by atoms with van der Waals surface area (Å²) >= 11 is 18.1. The van der Waals surface area contributed by atoms with Crippen molar-refractivity contribution in [2.75, 3.05) is 13.0 Å². The van der Waals surface area contributed by atoms with E-state index in [9.17, 15) is 23.1 Å². The average molecular weight is 684 g/mol. The summed E-state index contributed by atoms with van der Waals surface area (Å²) in [6.07, 6.45) is 1.17. The first-order chi connectivity index (χ1) is 20.5. The lowest BCUT2D eigenvalue weighted by atomic mass is 9.99. The predicted molar refractivity (Wildman–Crippen MR) is 168 cm³/mol. The highest BCUT2D eigenvalue weighted by atomic mass is 35.5. The SMILES string of the molecule is C=C(CCl)C(C(=O)OCc1ccc(OC)cc1)N1C(=O)C(N=Cc2cc(Cl)cc(Cl)c2O)C1SS(=O)(=O)c1ccccc1. The minimum Gasteiger partial charge on any atom is -0.506 e. The number of phenols is 1. The van der Waals surface area contributed by atoms with Crippen molar-refractivity contribution in [3.8, 4) is 11.5 Å². The van der Waals surface area contributed by atoms with Gasteiger partial charge in [0.25, 0.3) is 5.91 Å². The van der Waals surface area contributed by atoms with E-state index in [-0.39, 0.29) is 44.3 Å². The van der Waals surface area contributed by atoms with Crippen molar-refractivity contribution >= 4 is 72.6 Å². The molecular formula is C29H25Cl3N2O7S2. The Kier molecular flexibility index (Phi) is 10.7.